The molecule has 1 saturated heterocycles. The molecule has 130 valence electrons. The zero-order chi connectivity index (χ0) is 16.9. The molecule has 1 atom stereocenters. The van der Waals surface area contributed by atoms with Gasteiger partial charge in [0.05, 0.1) is 5.92 Å². The highest BCUT2D eigenvalue weighted by Gasteiger charge is 2.35. The number of carbonyl (C=O) groups is 2. The summed E-state index contributed by atoms with van der Waals surface area (Å²) in [6.45, 7) is 3.39. The first-order chi connectivity index (χ1) is 11.7. The fourth-order valence-electron chi connectivity index (χ4n) is 3.94. The summed E-state index contributed by atoms with van der Waals surface area (Å²) in [4.78, 5) is 26.5. The fraction of sp³-hybridized carbons (Fsp3) is 0.600. The van der Waals surface area contributed by atoms with Gasteiger partial charge in [-0.25, -0.2) is 0 Å². The Bertz CT molecular complexity index is 564. The Morgan fingerprint density at radius 3 is 2.54 bits per heavy atom. The first-order valence-corrected chi connectivity index (χ1v) is 9.27. The molecule has 1 aromatic carbocycles. The molecule has 24 heavy (non-hydrogen) atoms. The van der Waals surface area contributed by atoms with Crippen LogP contribution >= 0.6 is 0 Å². The summed E-state index contributed by atoms with van der Waals surface area (Å²) >= 11 is 0. The molecule has 2 amide bonds. The van der Waals surface area contributed by atoms with E-state index >= 15 is 0 Å². The average molecular weight is 328 g/mol. The van der Waals surface area contributed by atoms with Gasteiger partial charge in [0.2, 0.25) is 11.8 Å². The summed E-state index contributed by atoms with van der Waals surface area (Å²) < 4.78 is 0. The Hall–Kier alpha value is -1.84. The maximum atomic E-state index is 12.5. The van der Waals surface area contributed by atoms with Crippen molar-refractivity contribution >= 4 is 11.8 Å². The van der Waals surface area contributed by atoms with Gasteiger partial charge in [0.15, 0.2) is 0 Å². The third-order valence-corrected chi connectivity index (χ3v) is 5.57. The molecule has 1 aliphatic heterocycles. The van der Waals surface area contributed by atoms with Crippen molar-refractivity contribution < 1.29 is 9.59 Å². The third-order valence-electron chi connectivity index (χ3n) is 5.57. The molecular weight excluding hydrogens is 300 g/mol. The summed E-state index contributed by atoms with van der Waals surface area (Å²) in [6.07, 6.45) is 6.18. The van der Waals surface area contributed by atoms with E-state index in [1.165, 1.54) is 19.3 Å². The monoisotopic (exact) mass is 328 g/mol. The van der Waals surface area contributed by atoms with E-state index in [9.17, 15) is 9.59 Å². The van der Waals surface area contributed by atoms with Crippen LogP contribution in [0.2, 0.25) is 0 Å². The molecule has 1 saturated carbocycles. The van der Waals surface area contributed by atoms with Crippen LogP contribution in [0.1, 0.15) is 51.0 Å². The number of hydrogen-bond acceptors (Lipinski definition) is 2. The van der Waals surface area contributed by atoms with Crippen molar-refractivity contribution in [3.8, 4) is 0 Å². The summed E-state index contributed by atoms with van der Waals surface area (Å²) in [5.74, 6) is 0.797. The van der Waals surface area contributed by atoms with E-state index in [0.717, 1.165) is 24.3 Å². The van der Waals surface area contributed by atoms with Gasteiger partial charge in [-0.2, -0.15) is 0 Å². The van der Waals surface area contributed by atoms with Crippen LogP contribution < -0.4 is 5.32 Å². The zero-order valence-corrected chi connectivity index (χ0v) is 14.5. The van der Waals surface area contributed by atoms with Crippen molar-refractivity contribution in [2.24, 2.45) is 11.8 Å². The van der Waals surface area contributed by atoms with Crippen molar-refractivity contribution in [1.29, 1.82) is 0 Å². The van der Waals surface area contributed by atoms with E-state index in [4.69, 9.17) is 0 Å². The van der Waals surface area contributed by atoms with Crippen LogP contribution in [0, 0.1) is 11.8 Å². The van der Waals surface area contributed by atoms with Gasteiger partial charge in [-0.1, -0.05) is 43.7 Å². The van der Waals surface area contributed by atoms with Crippen LogP contribution in [-0.4, -0.2) is 29.3 Å². The van der Waals surface area contributed by atoms with Gasteiger partial charge in [-0.15, -0.1) is 0 Å². The van der Waals surface area contributed by atoms with Crippen LogP contribution in [0.15, 0.2) is 30.3 Å². The first-order valence-electron chi connectivity index (χ1n) is 9.27. The second-order valence-corrected chi connectivity index (χ2v) is 7.30. The lowest BCUT2D eigenvalue weighted by Crippen LogP contribution is -2.41. The lowest BCUT2D eigenvalue weighted by atomic mass is 9.84. The second kappa shape index (κ2) is 7.82. The number of likely N-dealkylation sites (tertiary alicyclic amines) is 1. The molecule has 4 nitrogen and oxygen atoms in total. The number of nitrogens with one attached hydrogen (secondary N) is 1. The molecular formula is C20H28N2O2. The van der Waals surface area contributed by atoms with Crippen molar-refractivity contribution in [2.45, 2.75) is 58.0 Å². The topological polar surface area (TPSA) is 49.4 Å². The summed E-state index contributed by atoms with van der Waals surface area (Å²) in [5, 5.41) is 3.19. The first kappa shape index (κ1) is 17.0. The standard InChI is InChI=1S/C20H28N2O2/c1-2-15-8-10-18(11-9-15)21-20(24)17-12-19(23)22(14-17)13-16-6-4-3-5-7-16/h3-7,15,17-18H,2,8-14H2,1H3,(H,21,24)/t15?,17-,18?/m0/s1. The van der Waals surface area contributed by atoms with Crippen molar-refractivity contribution in [3.63, 3.8) is 0 Å². The Morgan fingerprint density at radius 2 is 1.88 bits per heavy atom. The van der Waals surface area contributed by atoms with E-state index in [0.29, 0.717) is 25.6 Å². The molecule has 2 fully saturated rings. The molecule has 0 spiro atoms. The predicted molar refractivity (Wildman–Crippen MR) is 94.1 cm³/mol. The van der Waals surface area contributed by atoms with Crippen LogP contribution in [0.3, 0.4) is 0 Å². The number of amides is 2. The minimum absolute atomic E-state index is 0.0684. The fourth-order valence-corrected chi connectivity index (χ4v) is 3.94. The second-order valence-electron chi connectivity index (χ2n) is 7.30. The summed E-state index contributed by atoms with van der Waals surface area (Å²) in [6, 6.07) is 10.3. The predicted octanol–water partition coefficient (Wildman–Crippen LogP) is 3.12. The van der Waals surface area contributed by atoms with Crippen LogP contribution in [-0.2, 0) is 16.1 Å². The van der Waals surface area contributed by atoms with E-state index in [1.54, 1.807) is 0 Å². The highest BCUT2D eigenvalue weighted by Crippen LogP contribution is 2.27. The van der Waals surface area contributed by atoms with Crippen molar-refractivity contribution in [3.05, 3.63) is 35.9 Å². The van der Waals surface area contributed by atoms with Gasteiger partial charge in [-0.3, -0.25) is 9.59 Å². The number of carbonyl (C=O) groups excluding carboxylic acids is 2. The third kappa shape index (κ3) is 4.16. The molecule has 0 aromatic heterocycles. The molecule has 0 bridgehead atoms. The molecule has 4 heteroatoms. The molecule has 1 aromatic rings. The lowest BCUT2D eigenvalue weighted by Gasteiger charge is -2.29. The number of rotatable bonds is 5. The SMILES string of the molecule is CCC1CCC(NC(=O)[C@H]2CC(=O)N(Cc3ccccc3)C2)CC1. The maximum Gasteiger partial charge on any atom is 0.225 e. The minimum Gasteiger partial charge on any atom is -0.353 e. The van der Waals surface area contributed by atoms with Gasteiger partial charge in [0, 0.05) is 25.6 Å². The summed E-state index contributed by atoms with van der Waals surface area (Å²) in [7, 11) is 0. The molecule has 1 N–H and O–H groups in total. The zero-order valence-electron chi connectivity index (χ0n) is 14.5. The molecule has 1 heterocycles. The highest BCUT2D eigenvalue weighted by atomic mass is 16.2. The Morgan fingerprint density at radius 1 is 1.17 bits per heavy atom. The lowest BCUT2D eigenvalue weighted by molar-refractivity contribution is -0.129. The van der Waals surface area contributed by atoms with E-state index < -0.39 is 0 Å². The van der Waals surface area contributed by atoms with Gasteiger partial charge >= 0.3 is 0 Å². The summed E-state index contributed by atoms with van der Waals surface area (Å²) in [5.41, 5.74) is 1.12. The number of nitrogens with zero attached hydrogens (tertiary/aromatic N) is 1. The molecule has 3 rings (SSSR count). The van der Waals surface area contributed by atoms with E-state index in [2.05, 4.69) is 12.2 Å². The van der Waals surface area contributed by atoms with Crippen molar-refractivity contribution in [2.75, 3.05) is 6.54 Å². The largest absolute Gasteiger partial charge is 0.353 e. The Labute approximate surface area is 144 Å². The smallest absolute Gasteiger partial charge is 0.225 e. The normalized spacial score (nSPS) is 27.3. The van der Waals surface area contributed by atoms with Crippen LogP contribution in [0.5, 0.6) is 0 Å². The molecule has 0 unspecified atom stereocenters. The Balaban J connectivity index is 1.49. The molecule has 0 radical (unpaired) electrons. The van der Waals surface area contributed by atoms with Crippen molar-refractivity contribution in [1.82, 2.24) is 10.2 Å². The number of benzene rings is 1. The van der Waals surface area contributed by atoms with E-state index in [-0.39, 0.29) is 17.7 Å². The average Bonchev–Trinajstić information content (AvgIpc) is 2.97. The minimum atomic E-state index is -0.190. The molecule has 1 aliphatic carbocycles. The molecule has 2 aliphatic rings. The maximum absolute atomic E-state index is 12.5. The van der Waals surface area contributed by atoms with Crippen LogP contribution in [0.4, 0.5) is 0 Å². The van der Waals surface area contributed by atoms with Gasteiger partial charge in [0.1, 0.15) is 0 Å². The van der Waals surface area contributed by atoms with Gasteiger partial charge in [-0.05, 0) is 37.2 Å². The van der Waals surface area contributed by atoms with Crippen LogP contribution in [0.25, 0.3) is 0 Å². The highest BCUT2D eigenvalue weighted by molar-refractivity contribution is 5.89. The van der Waals surface area contributed by atoms with Gasteiger partial charge < -0.3 is 10.2 Å². The van der Waals surface area contributed by atoms with E-state index in [1.807, 2.05) is 35.2 Å². The number of hydrogen-bond donors (Lipinski definition) is 1. The quantitative estimate of drug-likeness (QED) is 0.903. The van der Waals surface area contributed by atoms with Gasteiger partial charge in [0.25, 0.3) is 0 Å². The Kier molecular flexibility index (Phi) is 5.54.